The summed E-state index contributed by atoms with van der Waals surface area (Å²) in [4.78, 5) is 35.0. The third-order valence-corrected chi connectivity index (χ3v) is 7.40. The molecule has 8 heteroatoms. The lowest BCUT2D eigenvalue weighted by Crippen LogP contribution is -2.34. The summed E-state index contributed by atoms with van der Waals surface area (Å²) in [5.41, 5.74) is 3.44. The van der Waals surface area contributed by atoms with E-state index in [2.05, 4.69) is 40.7 Å². The summed E-state index contributed by atoms with van der Waals surface area (Å²) in [7, 11) is 0. The minimum atomic E-state index is -1.82. The maximum atomic E-state index is 12.7. The van der Waals surface area contributed by atoms with Crippen molar-refractivity contribution in [1.82, 2.24) is 4.90 Å². The van der Waals surface area contributed by atoms with Crippen molar-refractivity contribution in [3.63, 3.8) is 0 Å². The van der Waals surface area contributed by atoms with Crippen LogP contribution in [-0.2, 0) is 32.8 Å². The topological polar surface area (TPSA) is 107 Å². The van der Waals surface area contributed by atoms with E-state index in [0.717, 1.165) is 31.5 Å². The van der Waals surface area contributed by atoms with E-state index >= 15 is 0 Å². The summed E-state index contributed by atoms with van der Waals surface area (Å²) in [6.45, 7) is 5.64. The molecule has 1 amide bonds. The number of hydrogen-bond donors (Lipinski definition) is 3. The Kier molecular flexibility index (Phi) is 8.04. The molecule has 32 heavy (non-hydrogen) atoms. The normalized spacial score (nSPS) is 19.3. The first kappa shape index (κ1) is 23.9. The molecule has 2 aliphatic rings. The van der Waals surface area contributed by atoms with Crippen LogP contribution in [0.15, 0.2) is 35.7 Å². The summed E-state index contributed by atoms with van der Waals surface area (Å²) in [5.74, 6) is -3.45. The zero-order valence-electron chi connectivity index (χ0n) is 18.3. The molecule has 0 saturated heterocycles. The van der Waals surface area contributed by atoms with Crippen LogP contribution in [-0.4, -0.2) is 46.0 Å². The summed E-state index contributed by atoms with van der Waals surface area (Å²) >= 11 is 1.91. The maximum absolute atomic E-state index is 12.7. The summed E-state index contributed by atoms with van der Waals surface area (Å²) in [6.07, 6.45) is 6.59. The largest absolute Gasteiger partial charge is 0.473 e. The number of benzene rings is 1. The van der Waals surface area contributed by atoms with E-state index in [0.29, 0.717) is 0 Å². The second kappa shape index (κ2) is 10.7. The molecule has 0 radical (unpaired) electrons. The van der Waals surface area contributed by atoms with Gasteiger partial charge in [0.25, 0.3) is 0 Å². The highest BCUT2D eigenvalue weighted by atomic mass is 32.1. The molecule has 0 fully saturated rings. The lowest BCUT2D eigenvalue weighted by Gasteiger charge is -2.28. The summed E-state index contributed by atoms with van der Waals surface area (Å²) < 4.78 is 0. The Morgan fingerprint density at radius 1 is 1.12 bits per heavy atom. The number of nitrogens with one attached hydrogen (secondary N) is 1. The van der Waals surface area contributed by atoms with Crippen LogP contribution in [0.2, 0.25) is 0 Å². The van der Waals surface area contributed by atoms with Gasteiger partial charge in [0.2, 0.25) is 5.91 Å². The van der Waals surface area contributed by atoms with E-state index in [-0.39, 0.29) is 11.3 Å². The van der Waals surface area contributed by atoms with Gasteiger partial charge in [0.15, 0.2) is 0 Å². The van der Waals surface area contributed by atoms with Crippen LogP contribution >= 0.6 is 11.3 Å². The predicted molar refractivity (Wildman–Crippen MR) is 124 cm³/mol. The minimum Gasteiger partial charge on any atom is -0.473 e. The molecule has 0 spiro atoms. The van der Waals surface area contributed by atoms with E-state index in [1.807, 2.05) is 23.5 Å². The van der Waals surface area contributed by atoms with Crippen molar-refractivity contribution in [3.8, 4) is 0 Å². The number of carboxylic acids is 2. The van der Waals surface area contributed by atoms with Crippen molar-refractivity contribution in [2.75, 3.05) is 18.4 Å². The van der Waals surface area contributed by atoms with Gasteiger partial charge in [0.1, 0.15) is 0 Å². The molecule has 1 atom stereocenters. The number of carboxylic acid groups (broad SMARTS) is 2. The number of carbonyl (C=O) groups is 3. The molecule has 0 aliphatic carbocycles. The lowest BCUT2D eigenvalue weighted by molar-refractivity contribution is -0.159. The molecule has 172 valence electrons. The highest BCUT2D eigenvalue weighted by molar-refractivity contribution is 7.10. The van der Waals surface area contributed by atoms with Crippen molar-refractivity contribution in [3.05, 3.63) is 51.7 Å². The molecule has 2 aromatic rings. The van der Waals surface area contributed by atoms with E-state index in [1.54, 1.807) is 4.88 Å². The van der Waals surface area contributed by atoms with E-state index in [1.165, 1.54) is 43.5 Å². The van der Waals surface area contributed by atoms with Gasteiger partial charge in [-0.05, 0) is 60.9 Å². The SMILES string of the molecule is CCC1(CCCCCN2CCc3sccc3C2)C(=O)Nc2ccccc21.O=C(O)C(=O)O. The van der Waals surface area contributed by atoms with Crippen LogP contribution in [0.4, 0.5) is 5.69 Å². The number of para-hydroxylation sites is 1. The zero-order chi connectivity index (χ0) is 23.1. The molecule has 0 saturated carbocycles. The zero-order valence-corrected chi connectivity index (χ0v) is 19.1. The van der Waals surface area contributed by atoms with Gasteiger partial charge < -0.3 is 15.5 Å². The smallest absolute Gasteiger partial charge is 0.414 e. The van der Waals surface area contributed by atoms with Gasteiger partial charge in [0, 0.05) is 23.7 Å². The molecular weight excluding hydrogens is 428 g/mol. The number of unbranched alkanes of at least 4 members (excludes halogenated alkanes) is 2. The molecule has 3 heterocycles. The molecule has 3 N–H and O–H groups in total. The van der Waals surface area contributed by atoms with Crippen LogP contribution in [0.3, 0.4) is 0 Å². The van der Waals surface area contributed by atoms with Crippen molar-refractivity contribution >= 4 is 34.9 Å². The molecule has 1 aromatic carbocycles. The quantitative estimate of drug-likeness (QED) is 0.426. The second-order valence-electron chi connectivity index (χ2n) is 8.25. The number of aliphatic carboxylic acids is 2. The average Bonchev–Trinajstić information content (AvgIpc) is 3.35. The molecule has 1 aromatic heterocycles. The van der Waals surface area contributed by atoms with Crippen LogP contribution in [0.1, 0.15) is 55.0 Å². The van der Waals surface area contributed by atoms with Crippen LogP contribution < -0.4 is 5.32 Å². The number of nitrogens with zero attached hydrogens (tertiary/aromatic N) is 1. The van der Waals surface area contributed by atoms with Gasteiger partial charge in [-0.25, -0.2) is 9.59 Å². The van der Waals surface area contributed by atoms with Gasteiger partial charge in [0.05, 0.1) is 5.41 Å². The number of anilines is 1. The molecule has 0 bridgehead atoms. The van der Waals surface area contributed by atoms with Gasteiger partial charge in [-0.2, -0.15) is 0 Å². The Labute approximate surface area is 192 Å². The Morgan fingerprint density at radius 3 is 2.59 bits per heavy atom. The number of fused-ring (bicyclic) bond motifs is 2. The molecule has 1 unspecified atom stereocenters. The Balaban J connectivity index is 0.000000427. The van der Waals surface area contributed by atoms with Crippen LogP contribution in [0.5, 0.6) is 0 Å². The monoisotopic (exact) mass is 458 g/mol. The first-order chi connectivity index (χ1) is 15.4. The average molecular weight is 459 g/mol. The fourth-order valence-corrected chi connectivity index (χ4v) is 5.48. The fraction of sp³-hybridized carbons (Fsp3) is 0.458. The van der Waals surface area contributed by atoms with Crippen molar-refractivity contribution < 1.29 is 24.6 Å². The third-order valence-electron chi connectivity index (χ3n) is 6.38. The van der Waals surface area contributed by atoms with Crippen molar-refractivity contribution in [2.24, 2.45) is 0 Å². The fourth-order valence-electron chi connectivity index (χ4n) is 4.59. The molecule has 4 rings (SSSR count). The Hall–Kier alpha value is -2.71. The highest BCUT2D eigenvalue weighted by Gasteiger charge is 2.44. The number of thiophene rings is 1. The standard InChI is InChI=1S/C22H28N2OS.C2H2O4/c1-2-22(18-8-4-5-9-19(18)23-21(22)25)12-6-3-7-13-24-14-10-20-17(16-24)11-15-26-20;3-1(4)2(5)6/h4-5,8-9,11,15H,2-3,6-7,10,12-14,16H2,1H3,(H,23,25);(H,3,4)(H,5,6). The van der Waals surface area contributed by atoms with Crippen molar-refractivity contribution in [1.29, 1.82) is 0 Å². The lowest BCUT2D eigenvalue weighted by atomic mass is 9.75. The van der Waals surface area contributed by atoms with Crippen LogP contribution in [0.25, 0.3) is 0 Å². The molecule has 2 aliphatic heterocycles. The van der Waals surface area contributed by atoms with Gasteiger partial charge >= 0.3 is 11.9 Å². The third kappa shape index (κ3) is 5.37. The van der Waals surface area contributed by atoms with E-state index in [9.17, 15) is 4.79 Å². The van der Waals surface area contributed by atoms with Crippen LogP contribution in [0, 0.1) is 0 Å². The molecule has 7 nitrogen and oxygen atoms in total. The summed E-state index contributed by atoms with van der Waals surface area (Å²) in [5, 5.41) is 20.1. The Morgan fingerprint density at radius 2 is 1.88 bits per heavy atom. The van der Waals surface area contributed by atoms with Gasteiger partial charge in [-0.3, -0.25) is 9.69 Å². The maximum Gasteiger partial charge on any atom is 0.414 e. The second-order valence-corrected chi connectivity index (χ2v) is 9.25. The number of amides is 1. The summed E-state index contributed by atoms with van der Waals surface area (Å²) in [6, 6.07) is 10.5. The minimum absolute atomic E-state index is 0.196. The Bertz CT molecular complexity index is 961. The molecular formula is C24H30N2O5S. The number of carbonyl (C=O) groups excluding carboxylic acids is 1. The van der Waals surface area contributed by atoms with E-state index in [4.69, 9.17) is 19.8 Å². The predicted octanol–water partition coefficient (Wildman–Crippen LogP) is 4.12. The van der Waals surface area contributed by atoms with Crippen molar-refractivity contribution in [2.45, 2.75) is 57.4 Å². The van der Waals surface area contributed by atoms with Gasteiger partial charge in [-0.15, -0.1) is 11.3 Å². The first-order valence-corrected chi connectivity index (χ1v) is 11.9. The van der Waals surface area contributed by atoms with E-state index < -0.39 is 11.9 Å². The van der Waals surface area contributed by atoms with Gasteiger partial charge in [-0.1, -0.05) is 38.0 Å². The first-order valence-electron chi connectivity index (χ1n) is 11.0. The number of hydrogen-bond acceptors (Lipinski definition) is 5. The highest BCUT2D eigenvalue weighted by Crippen LogP contribution is 2.43. The number of rotatable bonds is 7.